The first-order valence-corrected chi connectivity index (χ1v) is 7.73. The van der Waals surface area contributed by atoms with E-state index >= 15 is 0 Å². The van der Waals surface area contributed by atoms with E-state index in [1.807, 2.05) is 13.8 Å². The number of hydrogen-bond donors (Lipinski definition) is 1. The van der Waals surface area contributed by atoms with E-state index in [-0.39, 0.29) is 24.3 Å². The summed E-state index contributed by atoms with van der Waals surface area (Å²) in [4.78, 5) is 25.8. The Morgan fingerprint density at radius 3 is 2.52 bits per heavy atom. The number of likely N-dealkylation sites (tertiary alicyclic amines) is 1. The smallest absolute Gasteiger partial charge is 0.304 e. The molecule has 1 heterocycles. The molecule has 5 heteroatoms. The number of methoxy groups -OCH3 is 1. The van der Waals surface area contributed by atoms with Crippen LogP contribution < -0.4 is 0 Å². The number of aliphatic carboxylic acids is 1. The van der Waals surface area contributed by atoms with Gasteiger partial charge in [0.2, 0.25) is 5.91 Å². The maximum Gasteiger partial charge on any atom is 0.304 e. The first-order chi connectivity index (χ1) is 9.69. The lowest BCUT2D eigenvalue weighted by atomic mass is 9.77. The van der Waals surface area contributed by atoms with Crippen LogP contribution in [-0.2, 0) is 14.3 Å². The van der Waals surface area contributed by atoms with Crippen LogP contribution in [0.1, 0.15) is 47.0 Å². The van der Waals surface area contributed by atoms with E-state index in [4.69, 9.17) is 9.84 Å². The summed E-state index contributed by atoms with van der Waals surface area (Å²) in [6.45, 7) is 9.19. The molecule has 5 nitrogen and oxygen atoms in total. The number of piperidine rings is 1. The predicted molar refractivity (Wildman–Crippen MR) is 81.0 cm³/mol. The van der Waals surface area contributed by atoms with Gasteiger partial charge < -0.3 is 14.7 Å². The molecule has 3 atom stereocenters. The molecular weight excluding hydrogens is 270 g/mol. The number of hydrogen-bond acceptors (Lipinski definition) is 3. The molecule has 0 aliphatic carbocycles. The summed E-state index contributed by atoms with van der Waals surface area (Å²) in [6, 6.07) is 0. The van der Waals surface area contributed by atoms with Crippen molar-refractivity contribution in [3.63, 3.8) is 0 Å². The standard InChI is InChI=1S/C16H29NO4/c1-11(2)8-16(4,9-14(18)19)15(20)17-7-6-12(3)13(10-17)21-5/h11-13H,6-10H2,1-5H3,(H,18,19). The lowest BCUT2D eigenvalue weighted by Gasteiger charge is -2.41. The number of carbonyl (C=O) groups excluding carboxylic acids is 1. The van der Waals surface area contributed by atoms with Crippen molar-refractivity contribution in [3.8, 4) is 0 Å². The zero-order chi connectivity index (χ0) is 16.2. The number of ether oxygens (including phenoxy) is 1. The highest BCUT2D eigenvalue weighted by atomic mass is 16.5. The number of carboxylic acid groups (broad SMARTS) is 1. The fourth-order valence-electron chi connectivity index (χ4n) is 3.38. The van der Waals surface area contributed by atoms with Gasteiger partial charge in [-0.25, -0.2) is 0 Å². The largest absolute Gasteiger partial charge is 0.481 e. The molecular formula is C16H29NO4. The van der Waals surface area contributed by atoms with E-state index in [0.717, 1.165) is 6.42 Å². The molecule has 1 rings (SSSR count). The van der Waals surface area contributed by atoms with Crippen molar-refractivity contribution >= 4 is 11.9 Å². The number of carboxylic acids is 1. The third-order valence-corrected chi connectivity index (χ3v) is 4.40. The zero-order valence-electron chi connectivity index (χ0n) is 13.9. The summed E-state index contributed by atoms with van der Waals surface area (Å²) >= 11 is 0. The number of rotatable bonds is 6. The molecule has 3 unspecified atom stereocenters. The lowest BCUT2D eigenvalue weighted by Crippen LogP contribution is -2.52. The van der Waals surface area contributed by atoms with Gasteiger partial charge in [-0.3, -0.25) is 9.59 Å². The normalized spacial score (nSPS) is 25.7. The lowest BCUT2D eigenvalue weighted by molar-refractivity contribution is -0.154. The summed E-state index contributed by atoms with van der Waals surface area (Å²) in [6.07, 6.45) is 1.40. The second-order valence-corrected chi connectivity index (χ2v) is 7.02. The van der Waals surface area contributed by atoms with E-state index < -0.39 is 11.4 Å². The molecule has 0 spiro atoms. The van der Waals surface area contributed by atoms with Crippen molar-refractivity contribution in [1.29, 1.82) is 0 Å². The maximum atomic E-state index is 12.9. The minimum Gasteiger partial charge on any atom is -0.481 e. The third kappa shape index (κ3) is 4.70. The molecule has 1 amide bonds. The van der Waals surface area contributed by atoms with Gasteiger partial charge in [-0.15, -0.1) is 0 Å². The summed E-state index contributed by atoms with van der Waals surface area (Å²) in [5.41, 5.74) is -0.834. The molecule has 0 aromatic carbocycles. The highest BCUT2D eigenvalue weighted by Gasteiger charge is 2.41. The van der Waals surface area contributed by atoms with Crippen molar-refractivity contribution in [2.24, 2.45) is 17.3 Å². The predicted octanol–water partition coefficient (Wildman–Crippen LogP) is 2.40. The Morgan fingerprint density at radius 1 is 1.43 bits per heavy atom. The average Bonchev–Trinajstić information content (AvgIpc) is 2.36. The monoisotopic (exact) mass is 299 g/mol. The van der Waals surface area contributed by atoms with Crippen molar-refractivity contribution < 1.29 is 19.4 Å². The van der Waals surface area contributed by atoms with Crippen LogP contribution >= 0.6 is 0 Å². The van der Waals surface area contributed by atoms with E-state index in [0.29, 0.717) is 25.4 Å². The molecule has 0 bridgehead atoms. The summed E-state index contributed by atoms with van der Waals surface area (Å²) in [5, 5.41) is 9.15. The first-order valence-electron chi connectivity index (χ1n) is 7.73. The van der Waals surface area contributed by atoms with Crippen LogP contribution in [-0.4, -0.2) is 48.2 Å². The summed E-state index contributed by atoms with van der Waals surface area (Å²) < 4.78 is 5.45. The van der Waals surface area contributed by atoms with Crippen LogP contribution in [0.5, 0.6) is 0 Å². The van der Waals surface area contributed by atoms with Gasteiger partial charge >= 0.3 is 5.97 Å². The fraction of sp³-hybridized carbons (Fsp3) is 0.875. The number of nitrogens with zero attached hydrogens (tertiary/aromatic N) is 1. The van der Waals surface area contributed by atoms with Gasteiger partial charge in [0, 0.05) is 20.2 Å². The fourth-order valence-corrected chi connectivity index (χ4v) is 3.38. The second kappa shape index (κ2) is 7.25. The average molecular weight is 299 g/mol. The highest BCUT2D eigenvalue weighted by Crippen LogP contribution is 2.34. The Bertz CT molecular complexity index is 382. The van der Waals surface area contributed by atoms with E-state index in [1.54, 1.807) is 18.9 Å². The Balaban J connectivity index is 2.87. The molecule has 1 aliphatic heterocycles. The SMILES string of the molecule is COC1CN(C(=O)C(C)(CC(=O)O)CC(C)C)CCC1C. The van der Waals surface area contributed by atoms with Crippen LogP contribution in [0.2, 0.25) is 0 Å². The van der Waals surface area contributed by atoms with Crippen LogP contribution in [0.3, 0.4) is 0 Å². The van der Waals surface area contributed by atoms with Gasteiger partial charge in [0.05, 0.1) is 17.9 Å². The van der Waals surface area contributed by atoms with Gasteiger partial charge in [-0.2, -0.15) is 0 Å². The Hall–Kier alpha value is -1.10. The van der Waals surface area contributed by atoms with Gasteiger partial charge in [0.25, 0.3) is 0 Å². The Morgan fingerprint density at radius 2 is 2.05 bits per heavy atom. The van der Waals surface area contributed by atoms with E-state index in [9.17, 15) is 9.59 Å². The summed E-state index contributed by atoms with van der Waals surface area (Å²) in [7, 11) is 1.67. The second-order valence-electron chi connectivity index (χ2n) is 7.02. The molecule has 1 N–H and O–H groups in total. The molecule has 1 aliphatic rings. The third-order valence-electron chi connectivity index (χ3n) is 4.40. The van der Waals surface area contributed by atoms with Crippen LogP contribution in [0.15, 0.2) is 0 Å². The topological polar surface area (TPSA) is 66.8 Å². The first kappa shape index (κ1) is 18.0. The van der Waals surface area contributed by atoms with Crippen molar-refractivity contribution in [2.45, 2.75) is 53.1 Å². The Labute approximate surface area is 127 Å². The minimum atomic E-state index is -0.917. The van der Waals surface area contributed by atoms with Crippen LogP contribution in [0.4, 0.5) is 0 Å². The number of amides is 1. The highest BCUT2D eigenvalue weighted by molar-refractivity contribution is 5.86. The molecule has 0 radical (unpaired) electrons. The molecule has 1 fully saturated rings. The zero-order valence-corrected chi connectivity index (χ0v) is 13.9. The molecule has 1 saturated heterocycles. The van der Waals surface area contributed by atoms with Gasteiger partial charge in [-0.05, 0) is 24.7 Å². The molecule has 0 aromatic rings. The van der Waals surface area contributed by atoms with Gasteiger partial charge in [-0.1, -0.05) is 27.7 Å². The quantitative estimate of drug-likeness (QED) is 0.818. The van der Waals surface area contributed by atoms with Gasteiger partial charge in [0.15, 0.2) is 0 Å². The molecule has 122 valence electrons. The van der Waals surface area contributed by atoms with Gasteiger partial charge in [0.1, 0.15) is 0 Å². The Kier molecular flexibility index (Phi) is 6.20. The number of carbonyl (C=O) groups is 2. The van der Waals surface area contributed by atoms with Crippen molar-refractivity contribution in [3.05, 3.63) is 0 Å². The molecule has 0 saturated carbocycles. The van der Waals surface area contributed by atoms with Crippen molar-refractivity contribution in [2.75, 3.05) is 20.2 Å². The van der Waals surface area contributed by atoms with Crippen LogP contribution in [0, 0.1) is 17.3 Å². The van der Waals surface area contributed by atoms with Crippen LogP contribution in [0.25, 0.3) is 0 Å². The van der Waals surface area contributed by atoms with E-state index in [2.05, 4.69) is 6.92 Å². The van der Waals surface area contributed by atoms with E-state index in [1.165, 1.54) is 0 Å². The van der Waals surface area contributed by atoms with Crippen molar-refractivity contribution in [1.82, 2.24) is 4.90 Å². The molecule has 0 aromatic heterocycles. The minimum absolute atomic E-state index is 0.0378. The molecule has 21 heavy (non-hydrogen) atoms. The summed E-state index contributed by atoms with van der Waals surface area (Å²) in [5.74, 6) is -0.261. The maximum absolute atomic E-state index is 12.9.